The zero-order chi connectivity index (χ0) is 40.0. The highest BCUT2D eigenvalue weighted by atomic mass is 16.6. The van der Waals surface area contributed by atoms with Crippen molar-refractivity contribution in [1.29, 1.82) is 0 Å². The second kappa shape index (κ2) is 15.6. The normalized spacial score (nSPS) is 34.0. The van der Waals surface area contributed by atoms with Crippen LogP contribution in [0.4, 0.5) is 11.4 Å². The monoisotopic (exact) mass is 774 g/mol. The van der Waals surface area contributed by atoms with E-state index in [2.05, 4.69) is 47.5 Å². The van der Waals surface area contributed by atoms with Crippen LogP contribution in [-0.4, -0.2) is 128 Å². The van der Waals surface area contributed by atoms with Crippen LogP contribution in [0.15, 0.2) is 43.1 Å². The van der Waals surface area contributed by atoms with E-state index in [9.17, 15) is 29.6 Å². The number of hydrogen-bond donors (Lipinski definition) is 1. The van der Waals surface area contributed by atoms with Crippen LogP contribution in [0.1, 0.15) is 65.5 Å². The van der Waals surface area contributed by atoms with Gasteiger partial charge in [-0.25, -0.2) is 4.68 Å². The number of ether oxygens (including phenoxy) is 1. The number of nitro groups is 1. The van der Waals surface area contributed by atoms with Crippen LogP contribution in [0.2, 0.25) is 0 Å². The Morgan fingerprint density at radius 2 is 1.70 bits per heavy atom. The summed E-state index contributed by atoms with van der Waals surface area (Å²) in [7, 11) is 0. The highest BCUT2D eigenvalue weighted by Gasteiger charge is 2.68. The lowest BCUT2D eigenvalue weighted by atomic mass is 9.44. The number of hydrogen-bond acceptors (Lipinski definition) is 12. The highest BCUT2D eigenvalue weighted by molar-refractivity contribution is 5.86. The third kappa shape index (κ3) is 7.37. The fourth-order valence-corrected chi connectivity index (χ4v) is 10.9. The number of anilines is 1. The Morgan fingerprint density at radius 1 is 1.02 bits per heavy atom. The smallest absolute Gasteiger partial charge is 0.320 e. The molecule has 2 bridgehead atoms. The molecular formula is C41H58N8O7. The van der Waals surface area contributed by atoms with Crippen molar-refractivity contribution in [2.24, 2.45) is 34.0 Å². The molecule has 8 atom stereocenters. The van der Waals surface area contributed by atoms with Gasteiger partial charge in [-0.15, -0.1) is 11.7 Å². The first-order valence-electron chi connectivity index (χ1n) is 20.3. The van der Waals surface area contributed by atoms with E-state index in [0.29, 0.717) is 45.6 Å². The number of aromatic nitrogens is 3. The van der Waals surface area contributed by atoms with Gasteiger partial charge in [0.15, 0.2) is 0 Å². The van der Waals surface area contributed by atoms with Crippen molar-refractivity contribution < 1.29 is 29.2 Å². The number of nitro benzene ring substituents is 1. The number of nitrogens with zero attached hydrogens (tertiary/aromatic N) is 8. The van der Waals surface area contributed by atoms with Crippen LogP contribution >= 0.6 is 0 Å². The van der Waals surface area contributed by atoms with Crippen molar-refractivity contribution >= 4 is 29.0 Å². The minimum atomic E-state index is -0.707. The number of aliphatic hydroxyl groups is 1. The molecule has 3 aliphatic carbocycles. The molecule has 0 radical (unpaired) electrons. The molecule has 2 saturated heterocycles. The minimum absolute atomic E-state index is 0.0599. The van der Waals surface area contributed by atoms with Crippen LogP contribution in [0, 0.1) is 44.1 Å². The number of Topliss-reactive ketones (excluding diaryl/α,β-unsaturated/α-hetero) is 1. The summed E-state index contributed by atoms with van der Waals surface area (Å²) in [5.41, 5.74) is 0.267. The Kier molecular flexibility index (Phi) is 11.2. The molecule has 1 N–H and O–H groups in total. The number of aliphatic hydroxyl groups excluding tert-OH is 1. The molecule has 56 heavy (non-hydrogen) atoms. The Bertz CT molecular complexity index is 1800. The first-order valence-corrected chi connectivity index (χ1v) is 20.3. The maximum absolute atomic E-state index is 13.8. The Hall–Kier alpha value is -4.21. The maximum Gasteiger partial charge on any atom is 0.320 e. The summed E-state index contributed by atoms with van der Waals surface area (Å²) in [6.07, 6.45) is 5.86. The van der Waals surface area contributed by atoms with Crippen LogP contribution in [-0.2, 0) is 32.2 Å². The first-order chi connectivity index (χ1) is 26.7. The molecule has 2 aromatic rings. The molecule has 0 unspecified atom stereocenters. The van der Waals surface area contributed by atoms with Crippen LogP contribution < -0.4 is 4.90 Å². The van der Waals surface area contributed by atoms with Gasteiger partial charge < -0.3 is 19.6 Å². The Morgan fingerprint density at radius 3 is 2.36 bits per heavy atom. The van der Waals surface area contributed by atoms with Crippen molar-refractivity contribution in [3.05, 3.63) is 58.9 Å². The molecule has 15 heteroatoms. The van der Waals surface area contributed by atoms with Crippen LogP contribution in [0.25, 0.3) is 0 Å². The third-order valence-electron chi connectivity index (χ3n) is 14.7. The molecule has 3 saturated carbocycles. The molecule has 304 valence electrons. The standard InChI is InChI=1S/C41H58N8O7/c1-6-39(4)23-34(40(5)28(2)11-13-41(29(3)38(39)53)14-12-33(50)37(40)41)56-36(52)27-45-17-21-47(22-18-45)35(51)26-48-25-30(42-43-48)24-44-15-19-46(20-16-44)31-7-9-32(10-8-31)49(54)55/h6-10,25,28-29,34,37-38,53H,1,11-24,26-27H2,2-5H3/t28-,29+,34-,37+,38+,39-,40+,41+/m1/s1. The number of esters is 1. The average Bonchev–Trinajstić information content (AvgIpc) is 3.79. The lowest BCUT2D eigenvalue weighted by Gasteiger charge is -2.61. The van der Waals surface area contributed by atoms with Gasteiger partial charge >= 0.3 is 5.97 Å². The summed E-state index contributed by atoms with van der Waals surface area (Å²) in [5.74, 6) is -0.349. The van der Waals surface area contributed by atoms with Crippen molar-refractivity contribution in [3.63, 3.8) is 0 Å². The molecule has 3 heterocycles. The van der Waals surface area contributed by atoms with Crippen LogP contribution in [0.5, 0.6) is 0 Å². The summed E-state index contributed by atoms with van der Waals surface area (Å²) >= 11 is 0. The van der Waals surface area contributed by atoms with Gasteiger partial charge in [0, 0.05) is 99.9 Å². The number of carbonyl (C=O) groups is 3. The lowest BCUT2D eigenvalue weighted by Crippen LogP contribution is -2.63. The third-order valence-corrected chi connectivity index (χ3v) is 14.7. The van der Waals surface area contributed by atoms with Gasteiger partial charge in [-0.3, -0.25) is 34.3 Å². The number of carbonyl (C=O) groups excluding carboxylic acids is 3. The van der Waals surface area contributed by atoms with Gasteiger partial charge in [0.05, 0.1) is 29.5 Å². The molecule has 1 amide bonds. The molecular weight excluding hydrogens is 716 g/mol. The average molecular weight is 775 g/mol. The zero-order valence-electron chi connectivity index (χ0n) is 33.3. The molecule has 7 rings (SSSR count). The lowest BCUT2D eigenvalue weighted by molar-refractivity contribution is -0.384. The molecule has 1 aromatic carbocycles. The number of amides is 1. The second-order valence-electron chi connectivity index (χ2n) is 17.7. The Balaban J connectivity index is 0.897. The number of benzene rings is 1. The van der Waals surface area contributed by atoms with Gasteiger partial charge in [0.2, 0.25) is 5.91 Å². The van der Waals surface area contributed by atoms with Gasteiger partial charge in [-0.05, 0) is 55.1 Å². The largest absolute Gasteiger partial charge is 0.461 e. The number of piperazine rings is 2. The van der Waals surface area contributed by atoms with Crippen LogP contribution in [0.3, 0.4) is 0 Å². The summed E-state index contributed by atoms with van der Waals surface area (Å²) in [5, 5.41) is 31.3. The highest BCUT2D eigenvalue weighted by Crippen LogP contribution is 2.68. The summed E-state index contributed by atoms with van der Waals surface area (Å²) in [6, 6.07) is 6.63. The molecule has 5 aliphatic rings. The van der Waals surface area contributed by atoms with Crippen molar-refractivity contribution in [3.8, 4) is 0 Å². The SMILES string of the molecule is C=C[C@]1(C)C[C@@H](OC(=O)CN2CCN(C(=O)Cn3cc(CN4CCN(c5ccc([N+](=O)[O-])cc5)CC4)nn3)CC2)[C@]2(C)[C@H](C)CC[C@]3(CCC(=O)[C@H]32)[C@@H](C)[C@@H]1O. The topological polar surface area (TPSA) is 167 Å². The predicted octanol–water partition coefficient (Wildman–Crippen LogP) is 3.56. The van der Waals surface area contributed by atoms with Gasteiger partial charge in [0.1, 0.15) is 18.4 Å². The van der Waals surface area contributed by atoms with Crippen molar-refractivity contribution in [2.45, 2.75) is 85.1 Å². The first kappa shape index (κ1) is 40.0. The van der Waals surface area contributed by atoms with Gasteiger partial charge in [0.25, 0.3) is 5.69 Å². The molecule has 2 aliphatic heterocycles. The fourth-order valence-electron chi connectivity index (χ4n) is 10.9. The number of non-ortho nitro benzene ring substituents is 1. The van der Waals surface area contributed by atoms with E-state index < -0.39 is 28.0 Å². The van der Waals surface area contributed by atoms with E-state index >= 15 is 0 Å². The number of rotatable bonds is 10. The maximum atomic E-state index is 13.8. The van der Waals surface area contributed by atoms with E-state index in [1.165, 1.54) is 12.1 Å². The van der Waals surface area contributed by atoms with E-state index in [4.69, 9.17) is 4.74 Å². The molecule has 15 nitrogen and oxygen atoms in total. The van der Waals surface area contributed by atoms with E-state index in [0.717, 1.165) is 56.8 Å². The van der Waals surface area contributed by atoms with E-state index in [1.807, 2.05) is 24.1 Å². The molecule has 5 fully saturated rings. The van der Waals surface area contributed by atoms with Crippen molar-refractivity contribution in [2.75, 3.05) is 63.8 Å². The fraction of sp³-hybridized carbons (Fsp3) is 0.683. The summed E-state index contributed by atoms with van der Waals surface area (Å²) in [4.78, 5) is 59.6. The van der Waals surface area contributed by atoms with Crippen molar-refractivity contribution in [1.82, 2.24) is 29.7 Å². The quantitative estimate of drug-likeness (QED) is 0.162. The van der Waals surface area contributed by atoms with Gasteiger partial charge in [-0.1, -0.05) is 39.0 Å². The van der Waals surface area contributed by atoms with Gasteiger partial charge in [-0.2, -0.15) is 0 Å². The predicted molar refractivity (Wildman–Crippen MR) is 208 cm³/mol. The van der Waals surface area contributed by atoms with E-state index in [1.54, 1.807) is 21.7 Å². The number of ketones is 1. The molecule has 1 aromatic heterocycles. The Labute approximate surface area is 329 Å². The second-order valence-corrected chi connectivity index (χ2v) is 17.7. The summed E-state index contributed by atoms with van der Waals surface area (Å²) in [6.45, 7) is 18.5. The zero-order valence-corrected chi connectivity index (χ0v) is 33.3. The van der Waals surface area contributed by atoms with E-state index in [-0.39, 0.29) is 59.6 Å². The minimum Gasteiger partial charge on any atom is -0.461 e. The molecule has 0 spiro atoms. The summed E-state index contributed by atoms with van der Waals surface area (Å²) < 4.78 is 8.03.